The highest BCUT2D eigenvalue weighted by Gasteiger charge is 2.29. The summed E-state index contributed by atoms with van der Waals surface area (Å²) < 4.78 is 61.4. The van der Waals surface area contributed by atoms with Crippen LogP contribution in [0.4, 0.5) is 20.4 Å². The van der Waals surface area contributed by atoms with E-state index in [1.807, 2.05) is 18.7 Å². The SMILES string of the molecule is C[C@@H]1CN(c2nc3ccccc3nc2NS(=O)(=O)c2cc(F)ccc2F)C[C@@H](C)O1. The van der Waals surface area contributed by atoms with Gasteiger partial charge in [-0.05, 0) is 44.2 Å². The molecular formula is C20H20F2N4O3S. The van der Waals surface area contributed by atoms with Crippen molar-refractivity contribution in [3.05, 3.63) is 54.1 Å². The van der Waals surface area contributed by atoms with Gasteiger partial charge in [-0.15, -0.1) is 0 Å². The molecule has 30 heavy (non-hydrogen) atoms. The summed E-state index contributed by atoms with van der Waals surface area (Å²) >= 11 is 0. The van der Waals surface area contributed by atoms with Gasteiger partial charge in [-0.1, -0.05) is 12.1 Å². The van der Waals surface area contributed by atoms with Crippen LogP contribution >= 0.6 is 0 Å². The monoisotopic (exact) mass is 434 g/mol. The molecule has 1 aromatic heterocycles. The third-order valence-corrected chi connectivity index (χ3v) is 6.04. The fraction of sp³-hybridized carbons (Fsp3) is 0.300. The zero-order valence-electron chi connectivity index (χ0n) is 16.3. The highest BCUT2D eigenvalue weighted by Crippen LogP contribution is 2.30. The van der Waals surface area contributed by atoms with Crippen LogP contribution in [-0.2, 0) is 14.8 Å². The van der Waals surface area contributed by atoms with Gasteiger partial charge < -0.3 is 9.64 Å². The van der Waals surface area contributed by atoms with E-state index in [2.05, 4.69) is 14.7 Å². The van der Waals surface area contributed by atoms with E-state index in [1.165, 1.54) is 0 Å². The van der Waals surface area contributed by atoms with Crippen molar-refractivity contribution in [2.24, 2.45) is 0 Å². The van der Waals surface area contributed by atoms with E-state index in [9.17, 15) is 17.2 Å². The van der Waals surface area contributed by atoms with Crippen LogP contribution in [0.15, 0.2) is 47.4 Å². The lowest BCUT2D eigenvalue weighted by atomic mass is 10.2. The lowest BCUT2D eigenvalue weighted by Crippen LogP contribution is -2.46. The van der Waals surface area contributed by atoms with E-state index in [0.29, 0.717) is 36.0 Å². The molecule has 0 aliphatic carbocycles. The van der Waals surface area contributed by atoms with Crippen molar-refractivity contribution in [2.75, 3.05) is 22.7 Å². The summed E-state index contributed by atoms with van der Waals surface area (Å²) in [7, 11) is -4.45. The normalized spacial score (nSPS) is 19.8. The number of nitrogens with zero attached hydrogens (tertiary/aromatic N) is 3. The third kappa shape index (κ3) is 4.05. The summed E-state index contributed by atoms with van der Waals surface area (Å²) in [4.78, 5) is 10.1. The molecular weight excluding hydrogens is 414 g/mol. The van der Waals surface area contributed by atoms with Gasteiger partial charge in [0, 0.05) is 13.1 Å². The molecule has 0 saturated carbocycles. The number of para-hydroxylation sites is 2. The number of halogens is 2. The van der Waals surface area contributed by atoms with Gasteiger partial charge in [0.15, 0.2) is 11.6 Å². The van der Waals surface area contributed by atoms with Crippen LogP contribution in [0.2, 0.25) is 0 Å². The maximum absolute atomic E-state index is 14.1. The van der Waals surface area contributed by atoms with E-state index in [4.69, 9.17) is 4.74 Å². The Morgan fingerprint density at radius 2 is 1.67 bits per heavy atom. The quantitative estimate of drug-likeness (QED) is 0.678. The molecule has 0 bridgehead atoms. The second-order valence-corrected chi connectivity index (χ2v) is 8.88. The smallest absolute Gasteiger partial charge is 0.266 e. The van der Waals surface area contributed by atoms with Crippen LogP contribution in [0.1, 0.15) is 13.8 Å². The molecule has 1 aliphatic heterocycles. The molecule has 0 amide bonds. The minimum atomic E-state index is -4.45. The van der Waals surface area contributed by atoms with E-state index >= 15 is 0 Å². The topological polar surface area (TPSA) is 84.4 Å². The Bertz CT molecular complexity index is 1200. The van der Waals surface area contributed by atoms with Crippen LogP contribution in [0, 0.1) is 11.6 Å². The zero-order chi connectivity index (χ0) is 21.5. The average molecular weight is 434 g/mol. The Hall–Kier alpha value is -2.85. The maximum Gasteiger partial charge on any atom is 0.266 e. The van der Waals surface area contributed by atoms with Crippen molar-refractivity contribution in [1.82, 2.24) is 9.97 Å². The molecule has 4 rings (SSSR count). The largest absolute Gasteiger partial charge is 0.372 e. The molecule has 2 atom stereocenters. The van der Waals surface area contributed by atoms with E-state index in [-0.39, 0.29) is 18.0 Å². The minimum Gasteiger partial charge on any atom is -0.372 e. The Kier molecular flexibility index (Phi) is 5.29. The number of nitrogens with one attached hydrogen (secondary N) is 1. The molecule has 10 heteroatoms. The van der Waals surface area contributed by atoms with Gasteiger partial charge in [0.05, 0.1) is 23.2 Å². The summed E-state index contributed by atoms with van der Waals surface area (Å²) in [5.41, 5.74) is 1.05. The number of anilines is 2. The van der Waals surface area contributed by atoms with Gasteiger partial charge in [-0.25, -0.2) is 27.2 Å². The van der Waals surface area contributed by atoms with E-state index in [0.717, 1.165) is 12.1 Å². The number of ether oxygens (including phenoxy) is 1. The molecule has 0 radical (unpaired) electrons. The Morgan fingerprint density at radius 3 is 2.33 bits per heavy atom. The predicted molar refractivity (Wildman–Crippen MR) is 109 cm³/mol. The molecule has 0 unspecified atom stereocenters. The fourth-order valence-corrected chi connectivity index (χ4v) is 4.59. The summed E-state index contributed by atoms with van der Waals surface area (Å²) in [5.74, 6) is -1.68. The van der Waals surface area contributed by atoms with E-state index in [1.54, 1.807) is 24.3 Å². The zero-order valence-corrected chi connectivity index (χ0v) is 17.2. The predicted octanol–water partition coefficient (Wildman–Crippen LogP) is 3.32. The number of aromatic nitrogens is 2. The molecule has 158 valence electrons. The Balaban J connectivity index is 1.81. The third-order valence-electron chi connectivity index (χ3n) is 4.69. The van der Waals surface area contributed by atoms with Crippen molar-refractivity contribution >= 4 is 32.7 Å². The molecule has 0 spiro atoms. The Labute approximate surface area is 172 Å². The maximum atomic E-state index is 14.1. The molecule has 1 N–H and O–H groups in total. The van der Waals surface area contributed by atoms with Crippen LogP contribution in [0.5, 0.6) is 0 Å². The van der Waals surface area contributed by atoms with E-state index < -0.39 is 26.6 Å². The molecule has 7 nitrogen and oxygen atoms in total. The van der Waals surface area contributed by atoms with Crippen molar-refractivity contribution in [3.63, 3.8) is 0 Å². The van der Waals surface area contributed by atoms with Crippen LogP contribution in [0.3, 0.4) is 0 Å². The lowest BCUT2D eigenvalue weighted by Gasteiger charge is -2.36. The standard InChI is InChI=1S/C20H20F2N4O3S/c1-12-10-26(11-13(2)29-12)20-19(23-16-5-3-4-6-17(16)24-20)25-30(27,28)18-9-14(21)7-8-15(18)22/h3-9,12-13H,10-11H2,1-2H3,(H,23,25)/t12-,13-/m1/s1. The number of hydrogen-bond donors (Lipinski definition) is 1. The van der Waals surface area contributed by atoms with Gasteiger partial charge in [-0.2, -0.15) is 0 Å². The first-order valence-electron chi connectivity index (χ1n) is 9.38. The summed E-state index contributed by atoms with van der Waals surface area (Å²) in [6.45, 7) is 4.76. The van der Waals surface area contributed by atoms with Gasteiger partial charge in [0.1, 0.15) is 16.5 Å². The second-order valence-electron chi connectivity index (χ2n) is 7.23. The first-order valence-corrected chi connectivity index (χ1v) is 10.9. The molecule has 3 aromatic rings. The highest BCUT2D eigenvalue weighted by molar-refractivity contribution is 7.92. The number of hydrogen-bond acceptors (Lipinski definition) is 6. The second kappa shape index (κ2) is 7.77. The minimum absolute atomic E-state index is 0.0568. The molecule has 1 fully saturated rings. The Morgan fingerprint density at radius 1 is 1.03 bits per heavy atom. The van der Waals surface area contributed by atoms with Gasteiger partial charge >= 0.3 is 0 Å². The summed E-state index contributed by atoms with van der Waals surface area (Å²) in [5, 5.41) is 0. The highest BCUT2D eigenvalue weighted by atomic mass is 32.2. The number of fused-ring (bicyclic) bond motifs is 1. The van der Waals surface area contributed by atoms with Gasteiger partial charge in [0.2, 0.25) is 0 Å². The fourth-order valence-electron chi connectivity index (χ4n) is 3.50. The van der Waals surface area contributed by atoms with Gasteiger partial charge in [-0.3, -0.25) is 4.72 Å². The molecule has 1 aliphatic rings. The van der Waals surface area contributed by atoms with Crippen molar-refractivity contribution in [3.8, 4) is 0 Å². The molecule has 2 heterocycles. The van der Waals surface area contributed by atoms with Gasteiger partial charge in [0.25, 0.3) is 10.0 Å². The van der Waals surface area contributed by atoms with Crippen LogP contribution in [0.25, 0.3) is 11.0 Å². The van der Waals surface area contributed by atoms with Crippen LogP contribution in [-0.4, -0.2) is 43.7 Å². The molecule has 1 saturated heterocycles. The number of benzene rings is 2. The lowest BCUT2D eigenvalue weighted by molar-refractivity contribution is -0.00540. The first-order chi connectivity index (χ1) is 14.2. The van der Waals surface area contributed by atoms with Crippen molar-refractivity contribution in [2.45, 2.75) is 31.0 Å². The average Bonchev–Trinajstić information content (AvgIpc) is 2.68. The van der Waals surface area contributed by atoms with Crippen molar-refractivity contribution < 1.29 is 21.9 Å². The number of rotatable bonds is 4. The van der Waals surface area contributed by atoms with Crippen LogP contribution < -0.4 is 9.62 Å². The molecule has 2 aromatic carbocycles. The number of morpholine rings is 1. The number of sulfonamides is 1. The van der Waals surface area contributed by atoms with Crippen molar-refractivity contribution in [1.29, 1.82) is 0 Å². The first kappa shape index (κ1) is 20.4. The summed E-state index contributed by atoms with van der Waals surface area (Å²) in [6, 6.07) is 9.26. The summed E-state index contributed by atoms with van der Waals surface area (Å²) in [6.07, 6.45) is -0.209.